The fourth-order valence-electron chi connectivity index (χ4n) is 8.92. The van der Waals surface area contributed by atoms with E-state index >= 15 is 0 Å². The first-order valence-corrected chi connectivity index (χ1v) is 21.1. The van der Waals surface area contributed by atoms with Gasteiger partial charge in [-0.3, -0.25) is 0 Å². The van der Waals surface area contributed by atoms with Gasteiger partial charge in [0.1, 0.15) is 22.3 Å². The van der Waals surface area contributed by atoms with Crippen molar-refractivity contribution in [1.82, 2.24) is 0 Å². The van der Waals surface area contributed by atoms with Crippen LogP contribution in [0.5, 0.6) is 0 Å². The minimum atomic E-state index is 0.838. The first kappa shape index (κ1) is 36.9. The summed E-state index contributed by atoms with van der Waals surface area (Å²) in [7, 11) is 0. The average molecular weight is 796 g/mol. The molecule has 9 aromatic carbocycles. The Hall–Kier alpha value is -8.14. The molecule has 294 valence electrons. The Morgan fingerprint density at radius 2 is 1.10 bits per heavy atom. The third-order valence-corrected chi connectivity index (χ3v) is 11.9. The summed E-state index contributed by atoms with van der Waals surface area (Å²) in [4.78, 5) is 2.36. The van der Waals surface area contributed by atoms with Crippen molar-refractivity contribution in [3.05, 3.63) is 237 Å². The van der Waals surface area contributed by atoms with E-state index in [1.165, 1.54) is 21.9 Å². The standard InChI is InChI=1S/C59H41NO2/c1-2-3-4-5-7-15-40-24-30-45(31-25-40)60(46-32-26-42(27-33-46)50-20-14-21-52-51-18-10-12-22-55(51)62-59(50)52)47-34-36-48(54(39-47)41-16-8-6-9-17-41)43-28-35-49-44(38-43)29-37-57-58(49)53-19-11-13-23-56(53)61-57/h2-14,16-39H,1,15H2/b4-3-,7-5-. The minimum absolute atomic E-state index is 0.838. The van der Waals surface area contributed by atoms with Crippen molar-refractivity contribution in [1.29, 1.82) is 0 Å². The molecule has 0 amide bonds. The van der Waals surface area contributed by atoms with Gasteiger partial charge in [0.25, 0.3) is 0 Å². The van der Waals surface area contributed by atoms with E-state index < -0.39 is 0 Å². The van der Waals surface area contributed by atoms with Crippen LogP contribution >= 0.6 is 0 Å². The fraction of sp³-hybridized carbons (Fsp3) is 0.0169. The van der Waals surface area contributed by atoms with Gasteiger partial charge in [-0.25, -0.2) is 0 Å². The van der Waals surface area contributed by atoms with Crippen LogP contribution in [0.4, 0.5) is 17.1 Å². The lowest BCUT2D eigenvalue weighted by Gasteiger charge is -2.27. The summed E-state index contributed by atoms with van der Waals surface area (Å²) in [6.45, 7) is 3.77. The van der Waals surface area contributed by atoms with Gasteiger partial charge >= 0.3 is 0 Å². The van der Waals surface area contributed by atoms with Gasteiger partial charge in [0.2, 0.25) is 0 Å². The van der Waals surface area contributed by atoms with Crippen LogP contribution in [0.2, 0.25) is 0 Å². The van der Waals surface area contributed by atoms with Gasteiger partial charge in [-0.2, -0.15) is 0 Å². The zero-order chi connectivity index (χ0) is 41.4. The molecule has 3 nitrogen and oxygen atoms in total. The van der Waals surface area contributed by atoms with E-state index in [2.05, 4.69) is 193 Å². The first-order chi connectivity index (χ1) is 30.7. The second kappa shape index (κ2) is 15.8. The van der Waals surface area contributed by atoms with Crippen LogP contribution in [0.1, 0.15) is 5.56 Å². The predicted molar refractivity (Wildman–Crippen MR) is 262 cm³/mol. The lowest BCUT2D eigenvalue weighted by atomic mass is 9.91. The molecule has 0 aliphatic carbocycles. The second-order valence-electron chi connectivity index (χ2n) is 15.7. The van der Waals surface area contributed by atoms with Crippen molar-refractivity contribution in [2.75, 3.05) is 4.90 Å². The second-order valence-corrected chi connectivity index (χ2v) is 15.7. The van der Waals surface area contributed by atoms with Gasteiger partial charge < -0.3 is 13.7 Å². The molecule has 3 heteroatoms. The Morgan fingerprint density at radius 1 is 0.419 bits per heavy atom. The molecule has 0 fully saturated rings. The van der Waals surface area contributed by atoms with Crippen molar-refractivity contribution >= 4 is 71.7 Å². The fourth-order valence-corrected chi connectivity index (χ4v) is 8.92. The number of furan rings is 2. The number of hydrogen-bond acceptors (Lipinski definition) is 3. The van der Waals surface area contributed by atoms with Crippen LogP contribution in [0.25, 0.3) is 88.0 Å². The summed E-state index contributed by atoms with van der Waals surface area (Å²) in [6.07, 6.45) is 10.8. The van der Waals surface area contributed by atoms with Crippen LogP contribution in [0.15, 0.2) is 240 Å². The maximum absolute atomic E-state index is 6.44. The molecule has 0 saturated heterocycles. The van der Waals surface area contributed by atoms with Gasteiger partial charge in [-0.15, -0.1) is 0 Å². The summed E-state index contributed by atoms with van der Waals surface area (Å²) < 4.78 is 12.7. The molecule has 0 atom stereocenters. The van der Waals surface area contributed by atoms with Crippen molar-refractivity contribution < 1.29 is 8.83 Å². The van der Waals surface area contributed by atoms with Crippen LogP contribution in [0.3, 0.4) is 0 Å². The molecule has 2 heterocycles. The highest BCUT2D eigenvalue weighted by Gasteiger charge is 2.19. The Kier molecular flexibility index (Phi) is 9.40. The van der Waals surface area contributed by atoms with Crippen LogP contribution < -0.4 is 4.90 Å². The molecule has 0 radical (unpaired) electrons. The van der Waals surface area contributed by atoms with E-state index in [1.54, 1.807) is 6.08 Å². The Balaban J connectivity index is 1.03. The van der Waals surface area contributed by atoms with Crippen molar-refractivity contribution in [3.8, 4) is 33.4 Å². The normalized spacial score (nSPS) is 11.9. The lowest BCUT2D eigenvalue weighted by Crippen LogP contribution is -2.10. The van der Waals surface area contributed by atoms with E-state index in [-0.39, 0.29) is 0 Å². The zero-order valence-corrected chi connectivity index (χ0v) is 34.0. The summed E-state index contributed by atoms with van der Waals surface area (Å²) in [5.41, 5.74) is 14.9. The number of hydrogen-bond donors (Lipinski definition) is 0. The molecular formula is C59H41NO2. The lowest BCUT2D eigenvalue weighted by molar-refractivity contribution is 0.669. The molecule has 0 N–H and O–H groups in total. The van der Waals surface area contributed by atoms with E-state index in [1.807, 2.05) is 36.4 Å². The van der Waals surface area contributed by atoms with Crippen molar-refractivity contribution in [2.45, 2.75) is 6.42 Å². The monoisotopic (exact) mass is 795 g/mol. The molecule has 0 aliphatic heterocycles. The Bertz CT molecular complexity index is 3490. The number of anilines is 3. The number of nitrogens with zero attached hydrogens (tertiary/aromatic N) is 1. The molecule has 0 unspecified atom stereocenters. The summed E-state index contributed by atoms with van der Waals surface area (Å²) >= 11 is 0. The number of fused-ring (bicyclic) bond motifs is 8. The van der Waals surface area contributed by atoms with Gasteiger partial charge in [0.05, 0.1) is 0 Å². The first-order valence-electron chi connectivity index (χ1n) is 21.1. The third kappa shape index (κ3) is 6.67. The zero-order valence-electron chi connectivity index (χ0n) is 34.0. The Labute approximate surface area is 360 Å². The molecule has 0 spiro atoms. The van der Waals surface area contributed by atoms with Gasteiger partial charge in [0, 0.05) is 44.2 Å². The van der Waals surface area contributed by atoms with Gasteiger partial charge in [-0.1, -0.05) is 170 Å². The minimum Gasteiger partial charge on any atom is -0.456 e. The smallest absolute Gasteiger partial charge is 0.143 e. The average Bonchev–Trinajstić information content (AvgIpc) is 3.91. The van der Waals surface area contributed by atoms with E-state index in [4.69, 9.17) is 8.83 Å². The van der Waals surface area contributed by atoms with E-state index in [0.29, 0.717) is 0 Å². The number of allylic oxidation sites excluding steroid dienone is 5. The SMILES string of the molecule is C=C/C=C\C=C/Cc1ccc(N(c2ccc(-c3cccc4c3oc3ccccc34)cc2)c2ccc(-c3ccc4c(ccc5oc6ccccc6c54)c3)c(-c3ccccc3)c2)cc1. The summed E-state index contributed by atoms with van der Waals surface area (Å²) in [5.74, 6) is 0. The summed E-state index contributed by atoms with van der Waals surface area (Å²) in [5, 5.41) is 6.91. The molecular weight excluding hydrogens is 755 g/mol. The number of para-hydroxylation sites is 3. The van der Waals surface area contributed by atoms with Gasteiger partial charge in [-0.05, 0) is 111 Å². The third-order valence-electron chi connectivity index (χ3n) is 11.9. The highest BCUT2D eigenvalue weighted by Crippen LogP contribution is 2.44. The summed E-state index contributed by atoms with van der Waals surface area (Å²) in [6, 6.07) is 69.4. The van der Waals surface area contributed by atoms with Crippen molar-refractivity contribution in [2.24, 2.45) is 0 Å². The quantitative estimate of drug-likeness (QED) is 0.129. The number of benzene rings is 9. The topological polar surface area (TPSA) is 29.5 Å². The molecule has 62 heavy (non-hydrogen) atoms. The van der Waals surface area contributed by atoms with Crippen molar-refractivity contribution in [3.63, 3.8) is 0 Å². The van der Waals surface area contributed by atoms with Crippen LogP contribution in [0, 0.1) is 0 Å². The van der Waals surface area contributed by atoms with E-state index in [0.717, 1.165) is 95.2 Å². The molecule has 0 aliphatic rings. The molecule has 0 bridgehead atoms. The molecule has 2 aromatic heterocycles. The van der Waals surface area contributed by atoms with Crippen LogP contribution in [-0.4, -0.2) is 0 Å². The molecule has 11 rings (SSSR count). The highest BCUT2D eigenvalue weighted by molar-refractivity contribution is 6.19. The van der Waals surface area contributed by atoms with Crippen LogP contribution in [-0.2, 0) is 6.42 Å². The molecule has 11 aromatic rings. The molecule has 0 saturated carbocycles. The largest absolute Gasteiger partial charge is 0.456 e. The maximum atomic E-state index is 6.44. The van der Waals surface area contributed by atoms with Gasteiger partial charge in [0.15, 0.2) is 0 Å². The predicted octanol–water partition coefficient (Wildman–Crippen LogP) is 17.0. The highest BCUT2D eigenvalue weighted by atomic mass is 16.3. The Morgan fingerprint density at radius 3 is 1.90 bits per heavy atom. The van der Waals surface area contributed by atoms with E-state index in [9.17, 15) is 0 Å². The number of rotatable bonds is 10. The maximum Gasteiger partial charge on any atom is 0.143 e.